The van der Waals surface area contributed by atoms with Crippen LogP contribution < -0.4 is 16.0 Å². The van der Waals surface area contributed by atoms with Gasteiger partial charge in [-0.05, 0) is 30.5 Å². The SMILES string of the molecule is NC1(c2cccc(N3CCNC(=O)C3=O)c2)CCCCC1. The lowest BCUT2D eigenvalue weighted by molar-refractivity contribution is -0.138. The van der Waals surface area contributed by atoms with Crippen LogP contribution in [0.5, 0.6) is 0 Å². The molecule has 1 aliphatic carbocycles. The van der Waals surface area contributed by atoms with E-state index in [0.29, 0.717) is 13.1 Å². The van der Waals surface area contributed by atoms with E-state index in [1.54, 1.807) is 0 Å². The molecule has 2 aliphatic rings. The number of nitrogens with two attached hydrogens (primary N) is 1. The molecule has 0 spiro atoms. The maximum Gasteiger partial charge on any atom is 0.316 e. The van der Waals surface area contributed by atoms with Gasteiger partial charge < -0.3 is 16.0 Å². The van der Waals surface area contributed by atoms with E-state index in [1.165, 1.54) is 11.3 Å². The molecule has 1 saturated heterocycles. The number of rotatable bonds is 2. The van der Waals surface area contributed by atoms with Gasteiger partial charge in [0.2, 0.25) is 0 Å². The van der Waals surface area contributed by atoms with Crippen LogP contribution >= 0.6 is 0 Å². The number of benzene rings is 1. The molecule has 3 rings (SSSR count). The third kappa shape index (κ3) is 2.65. The van der Waals surface area contributed by atoms with Crippen molar-refractivity contribution < 1.29 is 9.59 Å². The smallest absolute Gasteiger partial charge is 0.316 e. The van der Waals surface area contributed by atoms with E-state index < -0.39 is 11.8 Å². The maximum atomic E-state index is 12.0. The van der Waals surface area contributed by atoms with Crippen LogP contribution in [0.25, 0.3) is 0 Å². The van der Waals surface area contributed by atoms with Gasteiger partial charge in [0.1, 0.15) is 0 Å². The molecule has 3 N–H and O–H groups in total. The zero-order valence-electron chi connectivity index (χ0n) is 12.1. The summed E-state index contributed by atoms with van der Waals surface area (Å²) in [6.45, 7) is 0.994. The topological polar surface area (TPSA) is 75.4 Å². The number of amides is 2. The minimum Gasteiger partial charge on any atom is -0.346 e. The molecule has 1 heterocycles. The van der Waals surface area contributed by atoms with Crippen molar-refractivity contribution in [2.45, 2.75) is 37.6 Å². The largest absolute Gasteiger partial charge is 0.346 e. The van der Waals surface area contributed by atoms with Crippen molar-refractivity contribution in [2.24, 2.45) is 5.73 Å². The van der Waals surface area contributed by atoms with Gasteiger partial charge in [0.15, 0.2) is 0 Å². The van der Waals surface area contributed by atoms with Gasteiger partial charge >= 0.3 is 11.8 Å². The second kappa shape index (κ2) is 5.48. The summed E-state index contributed by atoms with van der Waals surface area (Å²) in [5.41, 5.74) is 8.10. The highest BCUT2D eigenvalue weighted by Gasteiger charge is 2.31. The summed E-state index contributed by atoms with van der Waals surface area (Å²) in [5, 5.41) is 2.56. The number of hydrogen-bond acceptors (Lipinski definition) is 3. The maximum absolute atomic E-state index is 12.0. The van der Waals surface area contributed by atoms with Crippen LogP contribution in [0, 0.1) is 0 Å². The average Bonchev–Trinajstić information content (AvgIpc) is 2.51. The van der Waals surface area contributed by atoms with Crippen molar-refractivity contribution in [3.8, 4) is 0 Å². The molecule has 5 nitrogen and oxygen atoms in total. The van der Waals surface area contributed by atoms with Crippen molar-refractivity contribution in [3.05, 3.63) is 29.8 Å². The second-order valence-electron chi connectivity index (χ2n) is 5.98. The van der Waals surface area contributed by atoms with Crippen LogP contribution in [-0.2, 0) is 15.1 Å². The molecule has 1 saturated carbocycles. The summed E-state index contributed by atoms with van der Waals surface area (Å²) in [6, 6.07) is 7.80. The molecule has 0 aromatic heterocycles. The van der Waals surface area contributed by atoms with Crippen molar-refractivity contribution in [2.75, 3.05) is 18.0 Å². The first-order valence-corrected chi connectivity index (χ1v) is 7.59. The summed E-state index contributed by atoms with van der Waals surface area (Å²) in [5.74, 6) is -1.03. The van der Waals surface area contributed by atoms with Gasteiger partial charge in [0.25, 0.3) is 0 Å². The Morgan fingerprint density at radius 3 is 2.67 bits per heavy atom. The Bertz CT molecular complexity index is 564. The van der Waals surface area contributed by atoms with Crippen molar-refractivity contribution in [1.29, 1.82) is 0 Å². The lowest BCUT2D eigenvalue weighted by atomic mass is 9.77. The van der Waals surface area contributed by atoms with Crippen LogP contribution in [0.3, 0.4) is 0 Å². The van der Waals surface area contributed by atoms with Gasteiger partial charge in [-0.3, -0.25) is 9.59 Å². The van der Waals surface area contributed by atoms with Gasteiger partial charge in [0.05, 0.1) is 0 Å². The van der Waals surface area contributed by atoms with E-state index >= 15 is 0 Å². The van der Waals surface area contributed by atoms with E-state index in [1.807, 2.05) is 24.3 Å². The zero-order chi connectivity index (χ0) is 14.9. The third-order valence-corrected chi connectivity index (χ3v) is 4.54. The number of nitrogens with zero attached hydrogens (tertiary/aromatic N) is 1. The zero-order valence-corrected chi connectivity index (χ0v) is 12.1. The molecule has 0 radical (unpaired) electrons. The Morgan fingerprint density at radius 2 is 1.90 bits per heavy atom. The number of nitrogens with one attached hydrogen (secondary N) is 1. The minimum atomic E-state index is -0.535. The highest BCUT2D eigenvalue weighted by molar-refractivity contribution is 6.41. The second-order valence-corrected chi connectivity index (χ2v) is 5.98. The summed E-state index contributed by atoms with van der Waals surface area (Å²) in [4.78, 5) is 25.0. The first kappa shape index (κ1) is 14.1. The Hall–Kier alpha value is -1.88. The molecular formula is C16H21N3O2. The average molecular weight is 287 g/mol. The first-order chi connectivity index (χ1) is 10.1. The monoisotopic (exact) mass is 287 g/mol. The third-order valence-electron chi connectivity index (χ3n) is 4.54. The van der Waals surface area contributed by atoms with Crippen LogP contribution in [0.1, 0.15) is 37.7 Å². The molecule has 1 aromatic carbocycles. The van der Waals surface area contributed by atoms with Crippen molar-refractivity contribution >= 4 is 17.5 Å². The predicted molar refractivity (Wildman–Crippen MR) is 80.8 cm³/mol. The van der Waals surface area contributed by atoms with Gasteiger partial charge in [-0.2, -0.15) is 0 Å². The molecular weight excluding hydrogens is 266 g/mol. The summed E-state index contributed by atoms with van der Waals surface area (Å²) in [7, 11) is 0. The van der Waals surface area contributed by atoms with Crippen LogP contribution in [0.2, 0.25) is 0 Å². The van der Waals surface area contributed by atoms with E-state index in [0.717, 1.165) is 36.9 Å². The van der Waals surface area contributed by atoms with Gasteiger partial charge in [-0.15, -0.1) is 0 Å². The van der Waals surface area contributed by atoms with Crippen molar-refractivity contribution in [1.82, 2.24) is 5.32 Å². The first-order valence-electron chi connectivity index (χ1n) is 7.59. The molecule has 1 aliphatic heterocycles. The molecule has 112 valence electrons. The molecule has 21 heavy (non-hydrogen) atoms. The molecule has 0 atom stereocenters. The summed E-state index contributed by atoms with van der Waals surface area (Å²) >= 11 is 0. The van der Waals surface area contributed by atoms with Crippen LogP contribution in [0.15, 0.2) is 24.3 Å². The Morgan fingerprint density at radius 1 is 1.14 bits per heavy atom. The van der Waals surface area contributed by atoms with E-state index in [-0.39, 0.29) is 5.54 Å². The fourth-order valence-corrected chi connectivity index (χ4v) is 3.28. The van der Waals surface area contributed by atoms with Gasteiger partial charge in [-0.25, -0.2) is 0 Å². The molecule has 1 aromatic rings. The lowest BCUT2D eigenvalue weighted by Crippen LogP contribution is -2.52. The predicted octanol–water partition coefficient (Wildman–Crippen LogP) is 1.27. The number of hydrogen-bond donors (Lipinski definition) is 2. The highest BCUT2D eigenvalue weighted by Crippen LogP contribution is 2.36. The van der Waals surface area contributed by atoms with E-state index in [2.05, 4.69) is 5.32 Å². The fraction of sp³-hybridized carbons (Fsp3) is 0.500. The Labute approximate surface area is 124 Å². The fourth-order valence-electron chi connectivity index (χ4n) is 3.28. The molecule has 0 unspecified atom stereocenters. The van der Waals surface area contributed by atoms with Crippen LogP contribution in [-0.4, -0.2) is 24.9 Å². The minimum absolute atomic E-state index is 0.296. The summed E-state index contributed by atoms with van der Waals surface area (Å²) < 4.78 is 0. The van der Waals surface area contributed by atoms with E-state index in [4.69, 9.17) is 5.73 Å². The highest BCUT2D eigenvalue weighted by atomic mass is 16.2. The quantitative estimate of drug-likeness (QED) is 0.804. The number of anilines is 1. The molecule has 2 fully saturated rings. The Balaban J connectivity index is 1.89. The molecule has 0 bridgehead atoms. The van der Waals surface area contributed by atoms with E-state index in [9.17, 15) is 9.59 Å². The van der Waals surface area contributed by atoms with Gasteiger partial charge in [-0.1, -0.05) is 31.4 Å². The normalized spacial score (nSPS) is 22.0. The van der Waals surface area contributed by atoms with Crippen LogP contribution in [0.4, 0.5) is 5.69 Å². The van der Waals surface area contributed by atoms with Gasteiger partial charge in [0, 0.05) is 24.3 Å². The summed E-state index contributed by atoms with van der Waals surface area (Å²) in [6.07, 6.45) is 5.48. The standard InChI is InChI=1S/C16H21N3O2/c17-16(7-2-1-3-8-16)12-5-4-6-13(11-12)19-10-9-18-14(20)15(19)21/h4-6,11H,1-3,7-10,17H2,(H,18,20). The molecule has 5 heteroatoms. The molecule has 2 amide bonds. The number of carbonyl (C=O) groups excluding carboxylic acids is 2. The lowest BCUT2D eigenvalue weighted by Gasteiger charge is -2.35. The Kier molecular flexibility index (Phi) is 3.68. The van der Waals surface area contributed by atoms with Crippen molar-refractivity contribution in [3.63, 3.8) is 0 Å². The number of carbonyl (C=O) groups is 2. The number of piperazine rings is 1.